The predicted octanol–water partition coefficient (Wildman–Crippen LogP) is 3.74. The smallest absolute Gasteiger partial charge is 0.324 e. The SMILES string of the molecule is C=CC1CC(C(=O)NC(C)(C)C)C(NCCCCC)(C(=O)O)CC1(C)C. The number of nitrogens with one attached hydrogen (secondary N) is 2. The van der Waals surface area contributed by atoms with Gasteiger partial charge in [-0.1, -0.05) is 39.7 Å². The second kappa shape index (κ2) is 8.55. The maximum Gasteiger partial charge on any atom is 0.324 e. The van der Waals surface area contributed by atoms with Gasteiger partial charge in [-0.2, -0.15) is 0 Å². The van der Waals surface area contributed by atoms with Crippen molar-refractivity contribution in [3.8, 4) is 0 Å². The molecule has 0 aromatic carbocycles. The van der Waals surface area contributed by atoms with Crippen molar-refractivity contribution in [2.75, 3.05) is 6.54 Å². The number of unbranched alkanes of at least 4 members (excludes halogenated alkanes) is 2. The van der Waals surface area contributed by atoms with Crippen LogP contribution < -0.4 is 10.6 Å². The number of carbonyl (C=O) groups excluding carboxylic acids is 1. The van der Waals surface area contributed by atoms with Crippen molar-refractivity contribution in [3.05, 3.63) is 12.7 Å². The van der Waals surface area contributed by atoms with Gasteiger partial charge in [0.25, 0.3) is 0 Å². The fourth-order valence-corrected chi connectivity index (χ4v) is 4.12. The Bertz CT molecular complexity index is 522. The topological polar surface area (TPSA) is 78.4 Å². The number of hydrogen-bond donors (Lipinski definition) is 3. The number of hydrogen-bond acceptors (Lipinski definition) is 3. The van der Waals surface area contributed by atoms with E-state index in [1.54, 1.807) is 0 Å². The molecule has 0 heterocycles. The number of carboxylic acids is 1. The van der Waals surface area contributed by atoms with E-state index >= 15 is 0 Å². The highest BCUT2D eigenvalue weighted by Crippen LogP contribution is 2.49. The van der Waals surface area contributed by atoms with Gasteiger partial charge in [0, 0.05) is 5.54 Å². The van der Waals surface area contributed by atoms with Crippen molar-refractivity contribution < 1.29 is 14.7 Å². The summed E-state index contributed by atoms with van der Waals surface area (Å²) >= 11 is 0. The van der Waals surface area contributed by atoms with E-state index in [1.165, 1.54) is 0 Å². The monoisotopic (exact) mass is 366 g/mol. The minimum absolute atomic E-state index is 0.100. The second-order valence-corrected chi connectivity index (χ2v) is 9.45. The lowest BCUT2D eigenvalue weighted by atomic mass is 9.57. The molecule has 1 aliphatic rings. The van der Waals surface area contributed by atoms with Gasteiger partial charge < -0.3 is 15.7 Å². The first-order valence-corrected chi connectivity index (χ1v) is 9.82. The summed E-state index contributed by atoms with van der Waals surface area (Å²) in [6, 6.07) is 0. The Kier molecular flexibility index (Phi) is 7.46. The van der Waals surface area contributed by atoms with E-state index in [2.05, 4.69) is 38.0 Å². The zero-order valence-corrected chi connectivity index (χ0v) is 17.4. The first kappa shape index (κ1) is 22.7. The van der Waals surface area contributed by atoms with Crippen LogP contribution in [0.15, 0.2) is 12.7 Å². The van der Waals surface area contributed by atoms with Crippen molar-refractivity contribution in [2.45, 2.75) is 84.7 Å². The zero-order valence-electron chi connectivity index (χ0n) is 17.4. The number of rotatable bonds is 8. The Morgan fingerprint density at radius 1 is 1.27 bits per heavy atom. The Hall–Kier alpha value is -1.36. The number of amides is 1. The quantitative estimate of drug-likeness (QED) is 0.452. The van der Waals surface area contributed by atoms with E-state index in [4.69, 9.17) is 0 Å². The summed E-state index contributed by atoms with van der Waals surface area (Å²) in [6.45, 7) is 16.5. The fraction of sp³-hybridized carbons (Fsp3) is 0.810. The van der Waals surface area contributed by atoms with Gasteiger partial charge in [0.05, 0.1) is 5.92 Å². The average molecular weight is 367 g/mol. The van der Waals surface area contributed by atoms with E-state index in [1.807, 2.05) is 26.8 Å². The molecule has 5 nitrogen and oxygen atoms in total. The van der Waals surface area contributed by atoms with Crippen LogP contribution in [0.3, 0.4) is 0 Å². The molecular formula is C21H38N2O3. The third-order valence-corrected chi connectivity index (χ3v) is 5.52. The van der Waals surface area contributed by atoms with Crippen molar-refractivity contribution in [1.29, 1.82) is 0 Å². The zero-order chi connectivity index (χ0) is 20.2. The largest absolute Gasteiger partial charge is 0.480 e. The molecule has 0 aromatic heterocycles. The fourth-order valence-electron chi connectivity index (χ4n) is 4.12. The van der Waals surface area contributed by atoms with Crippen LogP contribution in [0.25, 0.3) is 0 Å². The minimum atomic E-state index is -1.24. The van der Waals surface area contributed by atoms with Crippen LogP contribution in [0.5, 0.6) is 0 Å². The highest BCUT2D eigenvalue weighted by molar-refractivity contribution is 5.90. The number of allylic oxidation sites excluding steroid dienone is 1. The minimum Gasteiger partial charge on any atom is -0.480 e. The Labute approximate surface area is 159 Å². The van der Waals surface area contributed by atoms with Gasteiger partial charge in [-0.15, -0.1) is 6.58 Å². The van der Waals surface area contributed by atoms with E-state index in [-0.39, 0.29) is 17.2 Å². The highest BCUT2D eigenvalue weighted by atomic mass is 16.4. The molecule has 3 atom stereocenters. The van der Waals surface area contributed by atoms with Gasteiger partial charge in [-0.25, -0.2) is 0 Å². The standard InChI is InChI=1S/C21H38N2O3/c1-8-10-11-12-22-21(18(25)26)14-20(6,7)15(9-2)13-16(21)17(24)23-19(3,4)5/h9,15-16,22H,2,8,10-14H2,1,3-7H3,(H,23,24)(H,25,26). The molecule has 1 rings (SSSR count). The summed E-state index contributed by atoms with van der Waals surface area (Å²) in [5.41, 5.74) is -1.89. The Morgan fingerprint density at radius 2 is 1.88 bits per heavy atom. The Morgan fingerprint density at radius 3 is 2.35 bits per heavy atom. The summed E-state index contributed by atoms with van der Waals surface area (Å²) in [5.74, 6) is -1.65. The third-order valence-electron chi connectivity index (χ3n) is 5.52. The molecule has 1 aliphatic carbocycles. The Balaban J connectivity index is 3.24. The maximum absolute atomic E-state index is 13.0. The first-order valence-electron chi connectivity index (χ1n) is 9.82. The van der Waals surface area contributed by atoms with Gasteiger partial charge in [0.1, 0.15) is 5.54 Å². The van der Waals surface area contributed by atoms with Crippen molar-refractivity contribution >= 4 is 11.9 Å². The normalized spacial score (nSPS) is 28.4. The molecule has 1 amide bonds. The molecule has 3 unspecified atom stereocenters. The van der Waals surface area contributed by atoms with Gasteiger partial charge in [0.2, 0.25) is 5.91 Å². The van der Waals surface area contributed by atoms with Gasteiger partial charge in [-0.3, -0.25) is 9.59 Å². The van der Waals surface area contributed by atoms with Crippen molar-refractivity contribution in [3.63, 3.8) is 0 Å². The van der Waals surface area contributed by atoms with Crippen LogP contribution in [0.4, 0.5) is 0 Å². The summed E-state index contributed by atoms with van der Waals surface area (Å²) in [4.78, 5) is 25.5. The van der Waals surface area contributed by atoms with E-state index in [0.717, 1.165) is 19.3 Å². The number of aliphatic carboxylic acids is 1. The molecule has 0 bridgehead atoms. The van der Waals surface area contributed by atoms with E-state index < -0.39 is 23.0 Å². The van der Waals surface area contributed by atoms with Crippen LogP contribution in [0.2, 0.25) is 0 Å². The molecule has 0 radical (unpaired) electrons. The maximum atomic E-state index is 13.0. The van der Waals surface area contributed by atoms with E-state index in [9.17, 15) is 14.7 Å². The predicted molar refractivity (Wildman–Crippen MR) is 106 cm³/mol. The molecule has 26 heavy (non-hydrogen) atoms. The van der Waals surface area contributed by atoms with Gasteiger partial charge in [0.15, 0.2) is 0 Å². The van der Waals surface area contributed by atoms with Crippen molar-refractivity contribution in [1.82, 2.24) is 10.6 Å². The van der Waals surface area contributed by atoms with Crippen LogP contribution in [-0.4, -0.2) is 34.6 Å². The van der Waals surface area contributed by atoms with Gasteiger partial charge >= 0.3 is 5.97 Å². The molecule has 0 aliphatic heterocycles. The molecule has 0 aromatic rings. The lowest BCUT2D eigenvalue weighted by Gasteiger charge is -2.51. The summed E-state index contributed by atoms with van der Waals surface area (Å²) in [5, 5.41) is 16.5. The summed E-state index contributed by atoms with van der Waals surface area (Å²) in [6.07, 6.45) is 5.79. The van der Waals surface area contributed by atoms with E-state index in [0.29, 0.717) is 19.4 Å². The molecule has 1 fully saturated rings. The van der Waals surface area contributed by atoms with Crippen molar-refractivity contribution in [2.24, 2.45) is 17.3 Å². The van der Waals surface area contributed by atoms with Crippen LogP contribution in [-0.2, 0) is 9.59 Å². The number of carboxylic acid groups (broad SMARTS) is 1. The lowest BCUT2D eigenvalue weighted by Crippen LogP contribution is -2.67. The molecule has 3 N–H and O–H groups in total. The second-order valence-electron chi connectivity index (χ2n) is 9.45. The summed E-state index contributed by atoms with van der Waals surface area (Å²) in [7, 11) is 0. The average Bonchev–Trinajstić information content (AvgIpc) is 2.48. The van der Waals surface area contributed by atoms with Crippen LogP contribution in [0.1, 0.15) is 73.6 Å². The molecule has 5 heteroatoms. The molecule has 150 valence electrons. The van der Waals surface area contributed by atoms with Crippen LogP contribution in [0, 0.1) is 17.3 Å². The van der Waals surface area contributed by atoms with Gasteiger partial charge in [-0.05, 0) is 57.9 Å². The first-order chi connectivity index (χ1) is 11.9. The lowest BCUT2D eigenvalue weighted by molar-refractivity contribution is -0.158. The molecule has 0 spiro atoms. The molecule has 0 saturated heterocycles. The van der Waals surface area contributed by atoms with Crippen LogP contribution >= 0.6 is 0 Å². The third kappa shape index (κ3) is 5.32. The number of carbonyl (C=O) groups is 2. The molecular weight excluding hydrogens is 328 g/mol. The summed E-state index contributed by atoms with van der Waals surface area (Å²) < 4.78 is 0. The highest BCUT2D eigenvalue weighted by Gasteiger charge is 2.57. The molecule has 1 saturated carbocycles.